The molecule has 0 saturated carbocycles. The number of nitrogens with one attached hydrogen (secondary N) is 2. The predicted octanol–water partition coefficient (Wildman–Crippen LogP) is 1.70. The molecule has 1 aromatic heterocycles. The van der Waals surface area contributed by atoms with E-state index in [4.69, 9.17) is 5.11 Å². The van der Waals surface area contributed by atoms with Crippen LogP contribution < -0.4 is 4.72 Å². The van der Waals surface area contributed by atoms with Crippen molar-refractivity contribution in [2.24, 2.45) is 0 Å². The molecule has 6 nitrogen and oxygen atoms in total. The number of benzene rings is 1. The van der Waals surface area contributed by atoms with Crippen LogP contribution in [0.2, 0.25) is 0 Å². The molecule has 1 aromatic carbocycles. The van der Waals surface area contributed by atoms with Crippen LogP contribution in [0.25, 0.3) is 0 Å². The molecule has 0 aliphatic rings. The highest BCUT2D eigenvalue weighted by atomic mass is 32.2. The zero-order chi connectivity index (χ0) is 15.3. The Hall–Kier alpha value is -1.86. The molecular weight excluding hydrogens is 290 g/mol. The van der Waals surface area contributed by atoms with Gasteiger partial charge in [-0.1, -0.05) is 19.1 Å². The lowest BCUT2D eigenvalue weighted by Gasteiger charge is -2.08. The van der Waals surface area contributed by atoms with Crippen LogP contribution in [0.15, 0.2) is 35.5 Å². The highest BCUT2D eigenvalue weighted by Crippen LogP contribution is 2.17. The lowest BCUT2D eigenvalue weighted by Crippen LogP contribution is -2.13. The first-order chi connectivity index (χ1) is 10.0. The van der Waals surface area contributed by atoms with Crippen LogP contribution in [-0.4, -0.2) is 30.1 Å². The van der Waals surface area contributed by atoms with Gasteiger partial charge in [0.05, 0.1) is 6.20 Å². The second kappa shape index (κ2) is 6.73. The largest absolute Gasteiger partial charge is 0.396 e. The van der Waals surface area contributed by atoms with E-state index in [9.17, 15) is 8.42 Å². The number of aromatic amines is 1. The van der Waals surface area contributed by atoms with Crippen molar-refractivity contribution in [1.29, 1.82) is 0 Å². The maximum atomic E-state index is 12.2. The highest BCUT2D eigenvalue weighted by Gasteiger charge is 2.17. The normalized spacial score (nSPS) is 11.5. The zero-order valence-electron chi connectivity index (χ0n) is 11.8. The fourth-order valence-electron chi connectivity index (χ4n) is 1.94. The van der Waals surface area contributed by atoms with Gasteiger partial charge in [-0.2, -0.15) is 8.42 Å². The first-order valence-electron chi connectivity index (χ1n) is 6.81. The van der Waals surface area contributed by atoms with Gasteiger partial charge in [-0.3, -0.25) is 4.72 Å². The average molecular weight is 309 g/mol. The Kier molecular flexibility index (Phi) is 4.98. The number of hydrogen-bond acceptors (Lipinski definition) is 4. The average Bonchev–Trinajstić information content (AvgIpc) is 2.95. The van der Waals surface area contributed by atoms with E-state index < -0.39 is 10.0 Å². The van der Waals surface area contributed by atoms with E-state index in [1.165, 1.54) is 6.20 Å². The summed E-state index contributed by atoms with van der Waals surface area (Å²) in [5, 5.41) is 8.89. The number of nitrogens with zero attached hydrogens (tertiary/aromatic N) is 1. The second-order valence-corrected chi connectivity index (χ2v) is 6.33. The maximum absolute atomic E-state index is 12.2. The molecule has 3 N–H and O–H groups in total. The molecule has 1 heterocycles. The van der Waals surface area contributed by atoms with Gasteiger partial charge < -0.3 is 10.1 Å². The molecule has 0 saturated heterocycles. The molecule has 21 heavy (non-hydrogen) atoms. The summed E-state index contributed by atoms with van der Waals surface area (Å²) in [6, 6.07) is 7.15. The molecule has 0 atom stereocenters. The Morgan fingerprint density at radius 3 is 2.86 bits per heavy atom. The lowest BCUT2D eigenvalue weighted by atomic mass is 10.1. The molecule has 2 rings (SSSR count). The number of aromatic nitrogens is 2. The Labute approximate surface area is 124 Å². The van der Waals surface area contributed by atoms with E-state index in [1.807, 2.05) is 13.0 Å². The van der Waals surface area contributed by atoms with Gasteiger partial charge in [0.25, 0.3) is 10.0 Å². The number of anilines is 1. The minimum atomic E-state index is -3.66. The van der Waals surface area contributed by atoms with Crippen molar-refractivity contribution in [2.75, 3.05) is 11.3 Å². The fraction of sp³-hybridized carbons (Fsp3) is 0.357. The Bertz CT molecular complexity index is 695. The van der Waals surface area contributed by atoms with Gasteiger partial charge in [-0.05, 0) is 30.5 Å². The summed E-state index contributed by atoms with van der Waals surface area (Å²) in [5.41, 5.74) is 1.47. The van der Waals surface area contributed by atoms with Gasteiger partial charge in [-0.15, -0.1) is 0 Å². The molecule has 0 spiro atoms. The Balaban J connectivity index is 2.16. The zero-order valence-corrected chi connectivity index (χ0v) is 12.7. The standard InChI is InChI=1S/C14H19N3O3S/c1-2-13-15-10-14(16-13)21(19,20)17-12-7-3-5-11(9-12)6-4-8-18/h3,5,7,9-10,17-18H,2,4,6,8H2,1H3,(H,15,16). The number of sulfonamides is 1. The van der Waals surface area contributed by atoms with Gasteiger partial charge in [0.2, 0.25) is 0 Å². The third-order valence-corrected chi connectivity index (χ3v) is 4.32. The number of hydrogen-bond donors (Lipinski definition) is 3. The van der Waals surface area contributed by atoms with Crippen molar-refractivity contribution in [3.05, 3.63) is 41.9 Å². The van der Waals surface area contributed by atoms with Crippen molar-refractivity contribution in [2.45, 2.75) is 31.2 Å². The first kappa shape index (κ1) is 15.5. The molecule has 0 fully saturated rings. The summed E-state index contributed by atoms with van der Waals surface area (Å²) >= 11 is 0. The van der Waals surface area contributed by atoms with Crippen molar-refractivity contribution >= 4 is 15.7 Å². The summed E-state index contributed by atoms with van der Waals surface area (Å²) in [6.45, 7) is 2.01. The molecule has 7 heteroatoms. The van der Waals surface area contributed by atoms with Crippen molar-refractivity contribution in [3.8, 4) is 0 Å². The van der Waals surface area contributed by atoms with E-state index in [0.717, 1.165) is 5.56 Å². The molecule has 0 unspecified atom stereocenters. The fourth-order valence-corrected chi connectivity index (χ4v) is 2.93. The first-order valence-corrected chi connectivity index (χ1v) is 8.30. The number of rotatable bonds is 7. The maximum Gasteiger partial charge on any atom is 0.278 e. The van der Waals surface area contributed by atoms with Crippen LogP contribution in [0.4, 0.5) is 5.69 Å². The van der Waals surface area contributed by atoms with Gasteiger partial charge >= 0.3 is 0 Å². The van der Waals surface area contributed by atoms with Gasteiger partial charge in [0.15, 0.2) is 5.03 Å². The van der Waals surface area contributed by atoms with Crippen LogP contribution in [0.3, 0.4) is 0 Å². The summed E-state index contributed by atoms with van der Waals surface area (Å²) in [4.78, 5) is 6.78. The SMILES string of the molecule is CCc1ncc(S(=O)(=O)Nc2cccc(CCCO)c2)[nH]1. The van der Waals surface area contributed by atoms with Crippen molar-refractivity contribution < 1.29 is 13.5 Å². The Morgan fingerprint density at radius 1 is 1.38 bits per heavy atom. The van der Waals surface area contributed by atoms with E-state index in [0.29, 0.717) is 30.8 Å². The summed E-state index contributed by atoms with van der Waals surface area (Å²) < 4.78 is 27.0. The number of aryl methyl sites for hydroxylation is 2. The third kappa shape index (κ3) is 4.05. The molecule has 0 radical (unpaired) electrons. The second-order valence-electron chi connectivity index (χ2n) is 4.68. The van der Waals surface area contributed by atoms with Crippen molar-refractivity contribution in [1.82, 2.24) is 9.97 Å². The summed E-state index contributed by atoms with van der Waals surface area (Å²) in [6.07, 6.45) is 3.32. The quantitative estimate of drug-likeness (QED) is 0.725. The van der Waals surface area contributed by atoms with Crippen LogP contribution in [0, 0.1) is 0 Å². The molecular formula is C14H19N3O3S. The topological polar surface area (TPSA) is 95.1 Å². The van der Waals surface area contributed by atoms with E-state index in [1.54, 1.807) is 18.2 Å². The van der Waals surface area contributed by atoms with E-state index >= 15 is 0 Å². The van der Waals surface area contributed by atoms with Crippen LogP contribution in [-0.2, 0) is 22.9 Å². The van der Waals surface area contributed by atoms with Gasteiger partial charge in [0.1, 0.15) is 5.82 Å². The molecule has 0 aliphatic heterocycles. The molecule has 2 aromatic rings. The smallest absolute Gasteiger partial charge is 0.278 e. The van der Waals surface area contributed by atoms with Crippen LogP contribution in [0.5, 0.6) is 0 Å². The van der Waals surface area contributed by atoms with E-state index in [-0.39, 0.29) is 11.6 Å². The van der Waals surface area contributed by atoms with Crippen LogP contribution in [0.1, 0.15) is 24.7 Å². The number of aliphatic hydroxyl groups is 1. The molecule has 114 valence electrons. The number of imidazole rings is 1. The monoisotopic (exact) mass is 309 g/mol. The predicted molar refractivity (Wildman–Crippen MR) is 80.6 cm³/mol. The minimum absolute atomic E-state index is 0.0557. The molecule has 0 bridgehead atoms. The molecule has 0 amide bonds. The number of H-pyrrole nitrogens is 1. The van der Waals surface area contributed by atoms with Gasteiger partial charge in [0, 0.05) is 18.7 Å². The minimum Gasteiger partial charge on any atom is -0.396 e. The van der Waals surface area contributed by atoms with Crippen LogP contribution >= 0.6 is 0 Å². The summed E-state index contributed by atoms with van der Waals surface area (Å²) in [7, 11) is -3.66. The molecule has 0 aliphatic carbocycles. The third-order valence-electron chi connectivity index (χ3n) is 3.03. The highest BCUT2D eigenvalue weighted by molar-refractivity contribution is 7.92. The summed E-state index contributed by atoms with van der Waals surface area (Å²) in [5.74, 6) is 0.632. The Morgan fingerprint density at radius 2 is 2.19 bits per heavy atom. The van der Waals surface area contributed by atoms with Gasteiger partial charge in [-0.25, -0.2) is 4.98 Å². The van der Waals surface area contributed by atoms with E-state index in [2.05, 4.69) is 14.7 Å². The van der Waals surface area contributed by atoms with Crippen molar-refractivity contribution in [3.63, 3.8) is 0 Å². The number of aliphatic hydroxyl groups excluding tert-OH is 1. The lowest BCUT2D eigenvalue weighted by molar-refractivity contribution is 0.288.